The van der Waals surface area contributed by atoms with Crippen LogP contribution in [0.1, 0.15) is 44.8 Å². The Labute approximate surface area is 189 Å². The Morgan fingerprint density at radius 2 is 1.88 bits per heavy atom. The minimum atomic E-state index is -3.80. The van der Waals surface area contributed by atoms with Crippen LogP contribution in [0.25, 0.3) is 0 Å². The third-order valence-electron chi connectivity index (χ3n) is 5.26. The minimum Gasteiger partial charge on any atom is -0.295 e. The highest BCUT2D eigenvalue weighted by atomic mass is 32.2. The Hall–Kier alpha value is -3.82. The Balaban J connectivity index is 1.48. The van der Waals surface area contributed by atoms with Gasteiger partial charge in [0.1, 0.15) is 6.04 Å². The van der Waals surface area contributed by atoms with Crippen molar-refractivity contribution in [3.05, 3.63) is 46.6 Å². The summed E-state index contributed by atoms with van der Waals surface area (Å²) in [5.41, 5.74) is 1.20. The molecule has 2 aliphatic rings. The molecule has 0 aliphatic carbocycles. The molecule has 3 heterocycles. The molecule has 2 aliphatic heterocycles. The number of hydrogen-bond donors (Lipinski definition) is 2. The summed E-state index contributed by atoms with van der Waals surface area (Å²) < 4.78 is 28.3. The SMILES string of the molecule is Cc1cc(S(=O)(=O)NCC#Cc2ccc3c(c2)C(=O)N(C2CCC(=O)NC2=O)C3=O)n(C)n1. The van der Waals surface area contributed by atoms with Crippen LogP contribution in [-0.2, 0) is 26.7 Å². The van der Waals surface area contributed by atoms with Gasteiger partial charge in [0.05, 0.1) is 23.4 Å². The normalized spacial score (nSPS) is 18.1. The number of benzene rings is 1. The van der Waals surface area contributed by atoms with Gasteiger partial charge in [0, 0.05) is 19.0 Å². The largest absolute Gasteiger partial charge is 0.295 e. The van der Waals surface area contributed by atoms with E-state index in [1.807, 2.05) is 0 Å². The van der Waals surface area contributed by atoms with Crippen molar-refractivity contribution in [3.63, 3.8) is 0 Å². The molecule has 0 spiro atoms. The van der Waals surface area contributed by atoms with Gasteiger partial charge in [0.2, 0.25) is 11.8 Å². The number of carbonyl (C=O) groups excluding carboxylic acids is 4. The van der Waals surface area contributed by atoms with Gasteiger partial charge in [-0.15, -0.1) is 0 Å². The molecular weight excluding hydrogens is 450 g/mol. The number of nitrogens with one attached hydrogen (secondary N) is 2. The maximum absolute atomic E-state index is 12.8. The van der Waals surface area contributed by atoms with E-state index in [-0.39, 0.29) is 35.5 Å². The second-order valence-corrected chi connectivity index (χ2v) is 9.30. The first-order valence-corrected chi connectivity index (χ1v) is 11.4. The van der Waals surface area contributed by atoms with E-state index in [2.05, 4.69) is 27.0 Å². The highest BCUT2D eigenvalue weighted by Crippen LogP contribution is 2.28. The molecule has 4 amide bonds. The fraction of sp³-hybridized carbons (Fsp3) is 0.286. The smallest absolute Gasteiger partial charge is 0.262 e. The van der Waals surface area contributed by atoms with Crippen LogP contribution in [0, 0.1) is 18.8 Å². The summed E-state index contributed by atoms with van der Waals surface area (Å²) >= 11 is 0. The molecule has 0 bridgehead atoms. The topological polar surface area (TPSA) is 148 Å². The zero-order valence-electron chi connectivity index (χ0n) is 17.7. The van der Waals surface area contributed by atoms with Gasteiger partial charge < -0.3 is 0 Å². The summed E-state index contributed by atoms with van der Waals surface area (Å²) in [7, 11) is -2.28. The van der Waals surface area contributed by atoms with Gasteiger partial charge in [-0.05, 0) is 37.6 Å². The lowest BCUT2D eigenvalue weighted by atomic mass is 10.0. The molecule has 1 fully saturated rings. The van der Waals surface area contributed by atoms with Crippen LogP contribution >= 0.6 is 0 Å². The number of sulfonamides is 1. The molecule has 33 heavy (non-hydrogen) atoms. The van der Waals surface area contributed by atoms with Gasteiger partial charge in [-0.3, -0.25) is 34.1 Å². The van der Waals surface area contributed by atoms with Crippen LogP contribution in [0.4, 0.5) is 0 Å². The quantitative estimate of drug-likeness (QED) is 0.451. The first kappa shape index (κ1) is 22.4. The molecular formula is C21H19N5O6S. The molecule has 12 heteroatoms. The molecule has 4 rings (SSSR count). The zero-order valence-corrected chi connectivity index (χ0v) is 18.5. The van der Waals surface area contributed by atoms with Gasteiger partial charge in [-0.25, -0.2) is 8.42 Å². The monoisotopic (exact) mass is 469 g/mol. The van der Waals surface area contributed by atoms with E-state index < -0.39 is 39.7 Å². The Kier molecular flexibility index (Phi) is 5.61. The van der Waals surface area contributed by atoms with E-state index >= 15 is 0 Å². The summed E-state index contributed by atoms with van der Waals surface area (Å²) in [6.45, 7) is 1.50. The Morgan fingerprint density at radius 3 is 2.55 bits per heavy atom. The third kappa shape index (κ3) is 4.15. The molecule has 1 unspecified atom stereocenters. The number of carbonyl (C=O) groups is 4. The standard InChI is InChI=1S/C21H19N5O6S/c1-12-10-18(25(2)24-12)33(31,32)22-9-3-4-13-5-6-14-15(11-13)21(30)26(20(14)29)16-7-8-17(27)23-19(16)28/h5-6,10-11,16,22H,7-9H2,1-2H3,(H,23,27,28). The zero-order chi connectivity index (χ0) is 23.9. The van der Waals surface area contributed by atoms with Gasteiger partial charge in [0.25, 0.3) is 21.8 Å². The fourth-order valence-corrected chi connectivity index (χ4v) is 4.86. The molecule has 11 nitrogen and oxygen atoms in total. The first-order chi connectivity index (χ1) is 15.6. The van der Waals surface area contributed by atoms with Crippen LogP contribution < -0.4 is 10.0 Å². The summed E-state index contributed by atoms with van der Waals surface area (Å²) in [6.07, 6.45) is 0.105. The molecule has 1 aromatic heterocycles. The van der Waals surface area contributed by atoms with Crippen LogP contribution in [0.15, 0.2) is 29.3 Å². The van der Waals surface area contributed by atoms with E-state index in [0.717, 1.165) is 4.90 Å². The lowest BCUT2D eigenvalue weighted by Crippen LogP contribution is -2.54. The molecule has 1 saturated heterocycles. The predicted molar refractivity (Wildman–Crippen MR) is 113 cm³/mol. The number of hydrogen-bond acceptors (Lipinski definition) is 7. The maximum atomic E-state index is 12.8. The number of rotatable bonds is 4. The van der Waals surface area contributed by atoms with Crippen LogP contribution in [-0.4, -0.2) is 59.3 Å². The van der Waals surface area contributed by atoms with Crippen LogP contribution in [0.3, 0.4) is 0 Å². The fourth-order valence-electron chi connectivity index (χ4n) is 3.74. The van der Waals surface area contributed by atoms with E-state index in [0.29, 0.717) is 11.3 Å². The van der Waals surface area contributed by atoms with Gasteiger partial charge in [-0.2, -0.15) is 9.82 Å². The van der Waals surface area contributed by atoms with Gasteiger partial charge in [0.15, 0.2) is 5.03 Å². The minimum absolute atomic E-state index is 0.0111. The summed E-state index contributed by atoms with van der Waals surface area (Å²) in [4.78, 5) is 49.9. The van der Waals surface area contributed by atoms with Crippen LogP contribution in [0.2, 0.25) is 0 Å². The molecule has 2 aromatic rings. The number of piperidine rings is 1. The summed E-state index contributed by atoms with van der Waals surface area (Å²) in [6, 6.07) is 4.79. The summed E-state index contributed by atoms with van der Waals surface area (Å²) in [5, 5.41) is 6.16. The van der Waals surface area contributed by atoms with Crippen molar-refractivity contribution in [1.29, 1.82) is 0 Å². The highest BCUT2D eigenvalue weighted by Gasteiger charge is 2.44. The number of aryl methyl sites for hydroxylation is 2. The van der Waals surface area contributed by atoms with E-state index in [1.165, 1.54) is 36.0 Å². The molecule has 1 atom stereocenters. The predicted octanol–water partition coefficient (Wildman–Crippen LogP) is -0.540. The number of amides is 4. The number of aromatic nitrogens is 2. The van der Waals surface area contributed by atoms with E-state index in [1.54, 1.807) is 6.92 Å². The van der Waals surface area contributed by atoms with Crippen LogP contribution in [0.5, 0.6) is 0 Å². The van der Waals surface area contributed by atoms with Crippen molar-refractivity contribution < 1.29 is 27.6 Å². The van der Waals surface area contributed by atoms with Crippen molar-refractivity contribution in [2.45, 2.75) is 30.8 Å². The second kappa shape index (κ2) is 8.27. The van der Waals surface area contributed by atoms with Gasteiger partial charge in [-0.1, -0.05) is 11.8 Å². The average molecular weight is 469 g/mol. The molecule has 1 aromatic carbocycles. The van der Waals surface area contributed by atoms with Crippen molar-refractivity contribution >= 4 is 33.7 Å². The average Bonchev–Trinajstić information content (AvgIpc) is 3.22. The number of fused-ring (bicyclic) bond motifs is 1. The maximum Gasteiger partial charge on any atom is 0.262 e. The molecule has 0 radical (unpaired) electrons. The Morgan fingerprint density at radius 1 is 1.15 bits per heavy atom. The first-order valence-electron chi connectivity index (χ1n) is 9.93. The second-order valence-electron chi connectivity index (χ2n) is 7.58. The van der Waals surface area contributed by atoms with E-state index in [4.69, 9.17) is 0 Å². The van der Waals surface area contributed by atoms with E-state index in [9.17, 15) is 27.6 Å². The van der Waals surface area contributed by atoms with Gasteiger partial charge >= 0.3 is 0 Å². The lowest BCUT2D eigenvalue weighted by Gasteiger charge is -2.27. The molecule has 170 valence electrons. The molecule has 0 saturated carbocycles. The number of imide groups is 2. The third-order valence-corrected chi connectivity index (χ3v) is 6.71. The lowest BCUT2D eigenvalue weighted by molar-refractivity contribution is -0.136. The van der Waals surface area contributed by atoms with Crippen molar-refractivity contribution in [2.75, 3.05) is 6.54 Å². The number of nitrogens with zero attached hydrogens (tertiary/aromatic N) is 3. The van der Waals surface area contributed by atoms with Crippen molar-refractivity contribution in [2.24, 2.45) is 7.05 Å². The summed E-state index contributed by atoms with van der Waals surface area (Å²) in [5.74, 6) is 3.06. The van der Waals surface area contributed by atoms with Crippen molar-refractivity contribution in [1.82, 2.24) is 24.7 Å². The molecule has 2 N–H and O–H groups in total. The van der Waals surface area contributed by atoms with Crippen molar-refractivity contribution in [3.8, 4) is 11.8 Å². The highest BCUT2D eigenvalue weighted by molar-refractivity contribution is 7.89. The Bertz CT molecular complexity index is 1380.